The highest BCUT2D eigenvalue weighted by molar-refractivity contribution is 7.92. The Hall–Kier alpha value is -3.52. The Morgan fingerprint density at radius 3 is 2.45 bits per heavy atom. The van der Waals surface area contributed by atoms with Gasteiger partial charge in [-0.25, -0.2) is 13.4 Å². The van der Waals surface area contributed by atoms with E-state index in [0.717, 1.165) is 16.2 Å². The van der Waals surface area contributed by atoms with E-state index >= 15 is 0 Å². The van der Waals surface area contributed by atoms with E-state index in [0.29, 0.717) is 40.0 Å². The monoisotopic (exact) mass is 434 g/mol. The van der Waals surface area contributed by atoms with Crippen LogP contribution < -0.4 is 9.86 Å². The van der Waals surface area contributed by atoms with E-state index in [1.54, 1.807) is 16.8 Å². The van der Waals surface area contributed by atoms with E-state index in [-0.39, 0.29) is 5.56 Å². The molecule has 0 aliphatic heterocycles. The second-order valence-electron chi connectivity index (χ2n) is 7.22. The SMILES string of the molecule is CCc1nc2cccc(-c3cncc(N(C)S(C)(=O)=O)c3)c2c(=O)n1-c1ccccc1. The first-order valence-corrected chi connectivity index (χ1v) is 11.7. The average molecular weight is 435 g/mol. The molecule has 0 spiro atoms. The molecule has 0 saturated carbocycles. The number of pyridine rings is 1. The van der Waals surface area contributed by atoms with Crippen LogP contribution in [0.3, 0.4) is 0 Å². The lowest BCUT2D eigenvalue weighted by molar-refractivity contribution is 0.600. The van der Waals surface area contributed by atoms with Gasteiger partial charge in [-0.15, -0.1) is 0 Å². The number of fused-ring (bicyclic) bond motifs is 1. The zero-order valence-electron chi connectivity index (χ0n) is 17.5. The van der Waals surface area contributed by atoms with E-state index in [2.05, 4.69) is 4.98 Å². The first-order chi connectivity index (χ1) is 14.8. The van der Waals surface area contributed by atoms with Gasteiger partial charge in [-0.05, 0) is 29.8 Å². The van der Waals surface area contributed by atoms with Crippen molar-refractivity contribution in [2.75, 3.05) is 17.6 Å². The molecule has 7 nitrogen and oxygen atoms in total. The van der Waals surface area contributed by atoms with Crippen LogP contribution in [0.4, 0.5) is 5.69 Å². The number of para-hydroxylation sites is 1. The van der Waals surface area contributed by atoms with Crippen molar-refractivity contribution in [3.8, 4) is 16.8 Å². The molecule has 0 fully saturated rings. The van der Waals surface area contributed by atoms with Gasteiger partial charge in [-0.3, -0.25) is 18.7 Å². The number of anilines is 1. The Labute approximate surface area is 180 Å². The largest absolute Gasteiger partial charge is 0.272 e. The lowest BCUT2D eigenvalue weighted by Gasteiger charge is -2.17. The number of sulfonamides is 1. The topological polar surface area (TPSA) is 85.2 Å². The normalized spacial score (nSPS) is 11.6. The predicted octanol–water partition coefficient (Wildman–Crippen LogP) is 3.41. The number of hydrogen-bond donors (Lipinski definition) is 0. The molecule has 0 aliphatic rings. The summed E-state index contributed by atoms with van der Waals surface area (Å²) in [5.41, 5.74) is 2.87. The summed E-state index contributed by atoms with van der Waals surface area (Å²) in [5, 5.41) is 0.463. The van der Waals surface area contributed by atoms with Crippen LogP contribution in [-0.2, 0) is 16.4 Å². The standard InChI is InChI=1S/C23H22N4O3S/c1-4-21-25-20-12-8-11-19(16-13-18(15-24-14-16)26(2)31(3,29)30)22(20)23(28)27(21)17-9-6-5-7-10-17/h5-15H,4H2,1-3H3. The van der Waals surface area contributed by atoms with Crippen molar-refractivity contribution >= 4 is 26.6 Å². The molecule has 0 unspecified atom stereocenters. The lowest BCUT2D eigenvalue weighted by atomic mass is 10.0. The quantitative estimate of drug-likeness (QED) is 0.481. The molecule has 4 aromatic rings. The molecule has 0 aliphatic carbocycles. The molecule has 8 heteroatoms. The molecule has 2 aromatic carbocycles. The number of nitrogens with zero attached hydrogens (tertiary/aromatic N) is 4. The van der Waals surface area contributed by atoms with Crippen molar-refractivity contribution in [2.45, 2.75) is 13.3 Å². The second kappa shape index (κ2) is 7.96. The van der Waals surface area contributed by atoms with Crippen molar-refractivity contribution in [3.05, 3.63) is 83.2 Å². The van der Waals surface area contributed by atoms with Gasteiger partial charge >= 0.3 is 0 Å². The highest BCUT2D eigenvalue weighted by atomic mass is 32.2. The van der Waals surface area contributed by atoms with Gasteiger partial charge in [0.2, 0.25) is 10.0 Å². The van der Waals surface area contributed by atoms with E-state index in [1.165, 1.54) is 13.2 Å². The van der Waals surface area contributed by atoms with Gasteiger partial charge in [0, 0.05) is 25.2 Å². The van der Waals surface area contributed by atoms with Gasteiger partial charge in [-0.2, -0.15) is 0 Å². The number of aromatic nitrogens is 3. The first kappa shape index (κ1) is 20.7. The molecular formula is C23H22N4O3S. The van der Waals surface area contributed by atoms with Crippen molar-refractivity contribution in [1.82, 2.24) is 14.5 Å². The Balaban J connectivity index is 2.01. The highest BCUT2D eigenvalue weighted by Gasteiger charge is 2.17. The fourth-order valence-electron chi connectivity index (χ4n) is 3.54. The molecule has 0 amide bonds. The molecular weight excluding hydrogens is 412 g/mol. The second-order valence-corrected chi connectivity index (χ2v) is 9.23. The predicted molar refractivity (Wildman–Crippen MR) is 123 cm³/mol. The van der Waals surface area contributed by atoms with Crippen molar-refractivity contribution in [3.63, 3.8) is 0 Å². The first-order valence-electron chi connectivity index (χ1n) is 9.80. The zero-order chi connectivity index (χ0) is 22.2. The van der Waals surface area contributed by atoms with Crippen LogP contribution in [0.25, 0.3) is 27.7 Å². The number of benzene rings is 2. The lowest BCUT2D eigenvalue weighted by Crippen LogP contribution is -2.25. The Bertz CT molecular complexity index is 1430. The molecule has 2 aromatic heterocycles. The summed E-state index contributed by atoms with van der Waals surface area (Å²) in [6, 6.07) is 16.6. The van der Waals surface area contributed by atoms with Crippen molar-refractivity contribution in [1.29, 1.82) is 0 Å². The maximum atomic E-state index is 13.7. The third kappa shape index (κ3) is 3.82. The summed E-state index contributed by atoms with van der Waals surface area (Å²) in [7, 11) is -1.97. The van der Waals surface area contributed by atoms with Crippen LogP contribution in [0, 0.1) is 0 Å². The van der Waals surface area contributed by atoms with Gasteiger partial charge in [0.05, 0.1) is 34.7 Å². The summed E-state index contributed by atoms with van der Waals surface area (Å²) in [5.74, 6) is 0.671. The van der Waals surface area contributed by atoms with Crippen molar-refractivity contribution < 1.29 is 8.42 Å². The molecule has 0 bridgehead atoms. The fourth-order valence-corrected chi connectivity index (χ4v) is 4.02. The van der Waals surface area contributed by atoms with Gasteiger partial charge in [0.1, 0.15) is 5.82 Å². The van der Waals surface area contributed by atoms with Crippen LogP contribution in [0.2, 0.25) is 0 Å². The summed E-state index contributed by atoms with van der Waals surface area (Å²) >= 11 is 0. The molecule has 2 heterocycles. The van der Waals surface area contributed by atoms with Crippen LogP contribution in [0.1, 0.15) is 12.7 Å². The summed E-state index contributed by atoms with van der Waals surface area (Å²) < 4.78 is 26.7. The maximum absolute atomic E-state index is 13.7. The van der Waals surface area contributed by atoms with Crippen LogP contribution >= 0.6 is 0 Å². The minimum atomic E-state index is -3.44. The summed E-state index contributed by atoms with van der Waals surface area (Å²) in [4.78, 5) is 22.6. The molecule has 0 atom stereocenters. The maximum Gasteiger partial charge on any atom is 0.266 e. The zero-order valence-corrected chi connectivity index (χ0v) is 18.3. The van der Waals surface area contributed by atoms with Gasteiger partial charge in [-0.1, -0.05) is 37.3 Å². The molecule has 0 saturated heterocycles. The van der Waals surface area contributed by atoms with Crippen LogP contribution in [0.15, 0.2) is 71.8 Å². The Kier molecular flexibility index (Phi) is 5.32. The molecule has 0 N–H and O–H groups in total. The Morgan fingerprint density at radius 1 is 1.03 bits per heavy atom. The molecule has 4 rings (SSSR count). The molecule has 158 valence electrons. The Morgan fingerprint density at radius 2 is 1.77 bits per heavy atom. The van der Waals surface area contributed by atoms with Crippen LogP contribution in [0.5, 0.6) is 0 Å². The van der Waals surface area contributed by atoms with Crippen molar-refractivity contribution in [2.24, 2.45) is 0 Å². The minimum absolute atomic E-state index is 0.175. The minimum Gasteiger partial charge on any atom is -0.272 e. The molecule has 31 heavy (non-hydrogen) atoms. The smallest absolute Gasteiger partial charge is 0.266 e. The highest BCUT2D eigenvalue weighted by Crippen LogP contribution is 2.29. The van der Waals surface area contributed by atoms with Crippen LogP contribution in [-0.4, -0.2) is 36.3 Å². The number of aryl methyl sites for hydroxylation is 1. The van der Waals surface area contributed by atoms with E-state index < -0.39 is 10.0 Å². The molecule has 0 radical (unpaired) electrons. The number of rotatable bonds is 5. The van der Waals surface area contributed by atoms with E-state index in [1.807, 2.05) is 55.5 Å². The third-order valence-corrected chi connectivity index (χ3v) is 6.40. The number of hydrogen-bond acceptors (Lipinski definition) is 5. The van der Waals surface area contributed by atoms with E-state index in [4.69, 9.17) is 4.98 Å². The van der Waals surface area contributed by atoms with Gasteiger partial charge in [0.25, 0.3) is 5.56 Å². The van der Waals surface area contributed by atoms with Gasteiger partial charge in [0.15, 0.2) is 0 Å². The average Bonchev–Trinajstić information content (AvgIpc) is 2.78. The fraction of sp³-hybridized carbons (Fsp3) is 0.174. The third-order valence-electron chi connectivity index (χ3n) is 5.19. The summed E-state index contributed by atoms with van der Waals surface area (Å²) in [6.07, 6.45) is 4.83. The van der Waals surface area contributed by atoms with E-state index in [9.17, 15) is 13.2 Å². The summed E-state index contributed by atoms with van der Waals surface area (Å²) in [6.45, 7) is 1.96. The van der Waals surface area contributed by atoms with Gasteiger partial charge < -0.3 is 0 Å².